The molecule has 1 aromatic heterocycles. The minimum Gasteiger partial charge on any atom is -0.391 e. The van der Waals surface area contributed by atoms with Crippen LogP contribution in [0, 0.1) is 6.57 Å². The lowest BCUT2D eigenvalue weighted by molar-refractivity contribution is 0.0277. The summed E-state index contributed by atoms with van der Waals surface area (Å²) in [7, 11) is 0. The normalized spacial score (nSPS) is 14.4. The third kappa shape index (κ3) is 1.96. The van der Waals surface area contributed by atoms with Gasteiger partial charge >= 0.3 is 5.82 Å². The summed E-state index contributed by atoms with van der Waals surface area (Å²) in [5.74, 6) is -0.0521. The van der Waals surface area contributed by atoms with Crippen LogP contribution in [0.4, 0.5) is 11.6 Å². The number of aliphatic hydroxyl groups excluding tert-OH is 2. The van der Waals surface area contributed by atoms with E-state index in [9.17, 15) is 5.11 Å². The molecule has 0 fully saturated rings. The number of anilines is 1. The van der Waals surface area contributed by atoms with Crippen LogP contribution in [0.5, 0.6) is 0 Å². The van der Waals surface area contributed by atoms with Crippen molar-refractivity contribution in [3.8, 4) is 0 Å². The fourth-order valence-corrected chi connectivity index (χ4v) is 0.874. The first-order chi connectivity index (χ1) is 6.56. The number of hydrogen-bond acceptors (Lipinski definition) is 5. The van der Waals surface area contributed by atoms with Crippen molar-refractivity contribution in [1.29, 1.82) is 0 Å². The molecule has 0 unspecified atom stereocenters. The van der Waals surface area contributed by atoms with E-state index in [1.54, 1.807) is 0 Å². The molecule has 0 amide bonds. The topological polar surface area (TPSA) is 96.6 Å². The molecule has 0 aliphatic heterocycles. The first kappa shape index (κ1) is 10.4. The molecule has 1 aromatic rings. The summed E-state index contributed by atoms with van der Waals surface area (Å²) >= 11 is 0. The molecule has 2 atom stereocenters. The van der Waals surface area contributed by atoms with Crippen LogP contribution in [0.1, 0.15) is 18.7 Å². The van der Waals surface area contributed by atoms with Gasteiger partial charge in [0.05, 0.1) is 12.3 Å². The Hall–Kier alpha value is -1.71. The van der Waals surface area contributed by atoms with Gasteiger partial charge in [0.25, 0.3) is 0 Å². The summed E-state index contributed by atoms with van der Waals surface area (Å²) in [4.78, 5) is 10.5. The zero-order valence-corrected chi connectivity index (χ0v) is 7.55. The summed E-state index contributed by atoms with van der Waals surface area (Å²) < 4.78 is 0. The van der Waals surface area contributed by atoms with Gasteiger partial charge in [0.1, 0.15) is 11.9 Å². The van der Waals surface area contributed by atoms with Gasteiger partial charge in [0, 0.05) is 0 Å². The van der Waals surface area contributed by atoms with Gasteiger partial charge in [0.2, 0.25) is 0 Å². The second-order valence-electron chi connectivity index (χ2n) is 2.80. The summed E-state index contributed by atoms with van der Waals surface area (Å²) in [5.41, 5.74) is 5.48. The first-order valence-electron chi connectivity index (χ1n) is 3.92. The Balaban J connectivity index is 3.08. The quantitative estimate of drug-likeness (QED) is 0.577. The third-order valence-corrected chi connectivity index (χ3v) is 1.67. The van der Waals surface area contributed by atoms with E-state index in [0.29, 0.717) is 0 Å². The number of nitrogens with two attached hydrogens (primary N) is 1. The summed E-state index contributed by atoms with van der Waals surface area (Å²) in [6, 6.07) is 0. The molecular formula is C8H10N4O2. The van der Waals surface area contributed by atoms with Crippen molar-refractivity contribution >= 4 is 11.6 Å². The van der Waals surface area contributed by atoms with Crippen molar-refractivity contribution in [2.45, 2.75) is 19.1 Å². The van der Waals surface area contributed by atoms with Crippen molar-refractivity contribution in [3.05, 3.63) is 23.3 Å². The number of nitrogens with zero attached hydrogens (tertiary/aromatic N) is 3. The molecule has 1 heterocycles. The van der Waals surface area contributed by atoms with Gasteiger partial charge in [-0.15, -0.1) is 4.98 Å². The predicted molar refractivity (Wildman–Crippen MR) is 49.3 cm³/mol. The molecular weight excluding hydrogens is 184 g/mol. The van der Waals surface area contributed by atoms with Crippen LogP contribution in [-0.2, 0) is 0 Å². The highest BCUT2D eigenvalue weighted by Crippen LogP contribution is 2.20. The van der Waals surface area contributed by atoms with Crippen LogP contribution in [-0.4, -0.2) is 26.3 Å². The van der Waals surface area contributed by atoms with E-state index < -0.39 is 12.2 Å². The van der Waals surface area contributed by atoms with Crippen molar-refractivity contribution in [2.24, 2.45) is 0 Å². The van der Waals surface area contributed by atoms with Gasteiger partial charge < -0.3 is 20.8 Å². The highest BCUT2D eigenvalue weighted by Gasteiger charge is 2.20. The Bertz CT molecular complexity index is 372. The molecule has 0 aliphatic carbocycles. The predicted octanol–water partition coefficient (Wildman–Crippen LogP) is 0.0238. The van der Waals surface area contributed by atoms with Gasteiger partial charge in [-0.25, -0.2) is 4.98 Å². The van der Waals surface area contributed by atoms with Crippen LogP contribution in [0.15, 0.2) is 6.20 Å². The minimum atomic E-state index is -1.15. The molecule has 0 aliphatic rings. The van der Waals surface area contributed by atoms with Crippen LogP contribution < -0.4 is 5.73 Å². The smallest absolute Gasteiger partial charge is 0.312 e. The summed E-state index contributed by atoms with van der Waals surface area (Å²) in [5, 5.41) is 18.5. The molecule has 4 N–H and O–H groups in total. The summed E-state index contributed by atoms with van der Waals surface area (Å²) in [6.45, 7) is 8.14. The number of hydrogen-bond donors (Lipinski definition) is 3. The van der Waals surface area contributed by atoms with E-state index in [4.69, 9.17) is 17.4 Å². The van der Waals surface area contributed by atoms with E-state index in [2.05, 4.69) is 14.8 Å². The molecule has 14 heavy (non-hydrogen) atoms. The molecule has 0 saturated carbocycles. The lowest BCUT2D eigenvalue weighted by Gasteiger charge is -2.09. The van der Waals surface area contributed by atoms with Gasteiger partial charge in [0.15, 0.2) is 5.69 Å². The standard InChI is InChI=1S/C8H10N4O2/c1-4(13)6(14)5-3-11-7(9)8(10-2)12-5/h3-4,6,13-14H,1H3,(H2,9,11)/t4-,6+/m1/s1. The average Bonchev–Trinajstić information content (AvgIpc) is 2.17. The van der Waals surface area contributed by atoms with Crippen molar-refractivity contribution in [1.82, 2.24) is 9.97 Å². The Kier molecular flexibility index (Phi) is 2.96. The zero-order valence-electron chi connectivity index (χ0n) is 7.55. The van der Waals surface area contributed by atoms with Crippen LogP contribution >= 0.6 is 0 Å². The fourth-order valence-electron chi connectivity index (χ4n) is 0.874. The molecule has 0 radical (unpaired) electrons. The molecule has 6 heteroatoms. The van der Waals surface area contributed by atoms with E-state index in [1.807, 2.05) is 0 Å². The fraction of sp³-hybridized carbons (Fsp3) is 0.375. The highest BCUT2D eigenvalue weighted by atomic mass is 16.3. The first-order valence-corrected chi connectivity index (χ1v) is 3.92. The molecule has 0 bridgehead atoms. The van der Waals surface area contributed by atoms with Crippen LogP contribution in [0.3, 0.4) is 0 Å². The van der Waals surface area contributed by atoms with E-state index in [0.717, 1.165) is 0 Å². The molecule has 6 nitrogen and oxygen atoms in total. The van der Waals surface area contributed by atoms with Gasteiger partial charge in [-0.2, -0.15) is 0 Å². The second-order valence-corrected chi connectivity index (χ2v) is 2.80. The van der Waals surface area contributed by atoms with Crippen molar-refractivity contribution < 1.29 is 10.2 Å². The second kappa shape index (κ2) is 4.00. The number of aromatic nitrogens is 2. The van der Waals surface area contributed by atoms with Crippen LogP contribution in [0.25, 0.3) is 4.85 Å². The van der Waals surface area contributed by atoms with E-state index in [1.165, 1.54) is 13.1 Å². The van der Waals surface area contributed by atoms with Gasteiger partial charge in [-0.1, -0.05) is 6.57 Å². The number of rotatable bonds is 2. The van der Waals surface area contributed by atoms with E-state index in [-0.39, 0.29) is 17.3 Å². The molecule has 0 saturated heterocycles. The molecule has 0 aromatic carbocycles. The minimum absolute atomic E-state index is 0.0153. The average molecular weight is 194 g/mol. The van der Waals surface area contributed by atoms with Crippen molar-refractivity contribution in [2.75, 3.05) is 5.73 Å². The highest BCUT2D eigenvalue weighted by molar-refractivity contribution is 5.56. The molecule has 1 rings (SSSR count). The Labute approximate surface area is 80.9 Å². The zero-order chi connectivity index (χ0) is 10.7. The Morgan fingerprint density at radius 2 is 2.21 bits per heavy atom. The summed E-state index contributed by atoms with van der Waals surface area (Å²) in [6.07, 6.45) is -0.878. The lowest BCUT2D eigenvalue weighted by atomic mass is 10.2. The number of aliphatic hydroxyl groups is 2. The maximum Gasteiger partial charge on any atom is 0.312 e. The molecule has 0 spiro atoms. The molecule has 74 valence electrons. The van der Waals surface area contributed by atoms with Crippen molar-refractivity contribution in [3.63, 3.8) is 0 Å². The maximum absolute atomic E-state index is 9.41. The Morgan fingerprint density at radius 1 is 1.57 bits per heavy atom. The third-order valence-electron chi connectivity index (χ3n) is 1.67. The lowest BCUT2D eigenvalue weighted by Crippen LogP contribution is -2.15. The largest absolute Gasteiger partial charge is 0.391 e. The van der Waals surface area contributed by atoms with E-state index >= 15 is 0 Å². The van der Waals surface area contributed by atoms with Crippen LogP contribution in [0.2, 0.25) is 0 Å². The SMILES string of the molecule is [C-]#[N+]c1nc([C@@H](O)[C@@H](C)O)cnc1N. The van der Waals surface area contributed by atoms with Gasteiger partial charge in [-0.3, -0.25) is 0 Å². The maximum atomic E-state index is 9.41. The Morgan fingerprint density at radius 3 is 2.71 bits per heavy atom. The van der Waals surface area contributed by atoms with Gasteiger partial charge in [-0.05, 0) is 6.92 Å². The monoisotopic (exact) mass is 194 g/mol. The number of nitrogen functional groups attached to an aromatic ring is 1.